The van der Waals surface area contributed by atoms with Crippen molar-refractivity contribution < 1.29 is 9.59 Å². The van der Waals surface area contributed by atoms with Gasteiger partial charge in [0, 0.05) is 15.7 Å². The van der Waals surface area contributed by atoms with Crippen molar-refractivity contribution in [3.63, 3.8) is 0 Å². The van der Waals surface area contributed by atoms with E-state index < -0.39 is 6.04 Å². The van der Waals surface area contributed by atoms with Crippen molar-refractivity contribution in [2.75, 3.05) is 11.9 Å². The van der Waals surface area contributed by atoms with Crippen LogP contribution >= 0.6 is 15.9 Å². The van der Waals surface area contributed by atoms with Crippen LogP contribution in [0.5, 0.6) is 0 Å². The number of benzene rings is 3. The molecule has 0 aliphatic heterocycles. The molecular weight excluding hydrogens is 428 g/mol. The lowest BCUT2D eigenvalue weighted by atomic mass is 10.0. The molecule has 148 valence electrons. The maximum Gasteiger partial charge on any atom is 0.246 e. The first-order valence-corrected chi connectivity index (χ1v) is 10.2. The van der Waals surface area contributed by atoms with Crippen LogP contribution in [0.1, 0.15) is 33.1 Å². The third-order valence-electron chi connectivity index (χ3n) is 4.77. The van der Waals surface area contributed by atoms with Crippen LogP contribution in [0.15, 0.2) is 77.3 Å². The number of aryl methyl sites for hydroxylation is 2. The fraction of sp³-hybridized carbons (Fsp3) is 0.167. The van der Waals surface area contributed by atoms with Gasteiger partial charge in [-0.05, 0) is 36.6 Å². The maximum atomic E-state index is 13.1. The van der Waals surface area contributed by atoms with Crippen molar-refractivity contribution in [3.05, 3.63) is 99.5 Å². The summed E-state index contributed by atoms with van der Waals surface area (Å²) in [7, 11) is 0. The molecule has 0 heterocycles. The van der Waals surface area contributed by atoms with Gasteiger partial charge in [-0.3, -0.25) is 14.9 Å². The maximum absolute atomic E-state index is 13.1. The molecule has 3 aromatic rings. The number of halogens is 1. The minimum Gasteiger partial charge on any atom is -0.324 e. The first-order chi connectivity index (χ1) is 14.0. The summed E-state index contributed by atoms with van der Waals surface area (Å²) in [5, 5.41) is 6.17. The molecule has 3 aromatic carbocycles. The van der Waals surface area contributed by atoms with Gasteiger partial charge >= 0.3 is 0 Å². The van der Waals surface area contributed by atoms with Gasteiger partial charge in [-0.2, -0.15) is 0 Å². The van der Waals surface area contributed by atoms with Crippen LogP contribution in [-0.4, -0.2) is 18.2 Å². The molecule has 5 heteroatoms. The van der Waals surface area contributed by atoms with Crippen LogP contribution in [0.3, 0.4) is 0 Å². The Morgan fingerprint density at radius 1 is 0.862 bits per heavy atom. The lowest BCUT2D eigenvalue weighted by Gasteiger charge is -2.20. The molecular formula is C24H23BrN2O2. The number of carbonyl (C=O) groups excluding carboxylic acids is 2. The third kappa shape index (κ3) is 5.19. The molecule has 0 saturated carbocycles. The molecule has 3 rings (SSSR count). The van der Waals surface area contributed by atoms with E-state index >= 15 is 0 Å². The Hall–Kier alpha value is -2.76. The molecule has 0 spiro atoms. The zero-order valence-corrected chi connectivity index (χ0v) is 18.0. The standard InChI is InChI=1S/C24H23BrN2O2/c1-16-9-8-10-17(2)22(16)27-24(29)23(18-11-4-3-5-12-18)26-15-21(28)19-13-6-7-14-20(19)25/h3-14,23,26H,15H2,1-2H3,(H,27,29). The van der Waals surface area contributed by atoms with Crippen LogP contribution < -0.4 is 10.6 Å². The minimum atomic E-state index is -0.651. The van der Waals surface area contributed by atoms with E-state index in [1.165, 1.54) is 0 Å². The molecule has 0 radical (unpaired) electrons. The van der Waals surface area contributed by atoms with E-state index in [-0.39, 0.29) is 18.2 Å². The quantitative estimate of drug-likeness (QED) is 0.485. The smallest absolute Gasteiger partial charge is 0.246 e. The van der Waals surface area contributed by atoms with E-state index in [0.29, 0.717) is 5.56 Å². The summed E-state index contributed by atoms with van der Waals surface area (Å²) < 4.78 is 0.739. The summed E-state index contributed by atoms with van der Waals surface area (Å²) in [6, 6.07) is 21.9. The van der Waals surface area contributed by atoms with Gasteiger partial charge < -0.3 is 5.32 Å². The number of anilines is 1. The number of rotatable bonds is 7. The van der Waals surface area contributed by atoms with Crippen molar-refractivity contribution in [1.29, 1.82) is 0 Å². The van der Waals surface area contributed by atoms with Gasteiger partial charge in [0.15, 0.2) is 5.78 Å². The number of carbonyl (C=O) groups is 2. The van der Waals surface area contributed by atoms with E-state index in [4.69, 9.17) is 0 Å². The second kappa shape index (κ2) is 9.63. The van der Waals surface area contributed by atoms with E-state index in [0.717, 1.165) is 26.9 Å². The molecule has 0 aliphatic rings. The topological polar surface area (TPSA) is 58.2 Å². The van der Waals surface area contributed by atoms with Gasteiger partial charge in [0.25, 0.3) is 0 Å². The number of amides is 1. The Morgan fingerprint density at radius 2 is 1.48 bits per heavy atom. The molecule has 0 aromatic heterocycles. The van der Waals surface area contributed by atoms with Gasteiger partial charge in [0.1, 0.15) is 6.04 Å². The third-order valence-corrected chi connectivity index (χ3v) is 5.46. The van der Waals surface area contributed by atoms with Crippen molar-refractivity contribution in [3.8, 4) is 0 Å². The highest BCUT2D eigenvalue weighted by Gasteiger charge is 2.23. The molecule has 1 amide bonds. The molecule has 0 bridgehead atoms. The molecule has 0 fully saturated rings. The summed E-state index contributed by atoms with van der Waals surface area (Å²) >= 11 is 3.41. The fourth-order valence-electron chi connectivity index (χ4n) is 3.19. The number of ketones is 1. The molecule has 29 heavy (non-hydrogen) atoms. The second-order valence-corrected chi connectivity index (χ2v) is 7.74. The molecule has 2 N–H and O–H groups in total. The van der Waals surface area contributed by atoms with Crippen molar-refractivity contribution in [2.45, 2.75) is 19.9 Å². The average Bonchev–Trinajstić information content (AvgIpc) is 2.72. The van der Waals surface area contributed by atoms with E-state index in [1.807, 2.05) is 80.6 Å². The van der Waals surface area contributed by atoms with Crippen molar-refractivity contribution in [2.24, 2.45) is 0 Å². The molecule has 0 saturated heterocycles. The first-order valence-electron chi connectivity index (χ1n) is 9.40. The van der Waals surface area contributed by atoms with Gasteiger partial charge in [-0.15, -0.1) is 0 Å². The van der Waals surface area contributed by atoms with E-state index in [1.54, 1.807) is 6.07 Å². The SMILES string of the molecule is Cc1cccc(C)c1NC(=O)C(NCC(=O)c1ccccc1Br)c1ccccc1. The lowest BCUT2D eigenvalue weighted by molar-refractivity contribution is -0.118. The Balaban J connectivity index is 1.81. The Labute approximate surface area is 179 Å². The Morgan fingerprint density at radius 3 is 2.14 bits per heavy atom. The average molecular weight is 451 g/mol. The van der Waals surface area contributed by atoms with E-state index in [9.17, 15) is 9.59 Å². The Bertz CT molecular complexity index is 998. The van der Waals surface area contributed by atoms with Crippen LogP contribution in [0, 0.1) is 13.8 Å². The molecule has 4 nitrogen and oxygen atoms in total. The monoisotopic (exact) mass is 450 g/mol. The number of hydrogen-bond acceptors (Lipinski definition) is 3. The Kier molecular flexibility index (Phi) is 6.96. The molecule has 1 atom stereocenters. The highest BCUT2D eigenvalue weighted by Crippen LogP contribution is 2.23. The van der Waals surface area contributed by atoms with Crippen LogP contribution in [0.4, 0.5) is 5.69 Å². The first kappa shape index (κ1) is 21.0. The summed E-state index contributed by atoms with van der Waals surface area (Å²) in [4.78, 5) is 25.8. The fourth-order valence-corrected chi connectivity index (χ4v) is 3.70. The predicted molar refractivity (Wildman–Crippen MR) is 120 cm³/mol. The normalized spacial score (nSPS) is 11.7. The highest BCUT2D eigenvalue weighted by molar-refractivity contribution is 9.10. The van der Waals surface area contributed by atoms with Crippen LogP contribution in [-0.2, 0) is 4.79 Å². The molecule has 0 aliphatic carbocycles. The molecule has 1 unspecified atom stereocenters. The van der Waals surface area contributed by atoms with Gasteiger partial charge in [-0.1, -0.05) is 82.7 Å². The predicted octanol–water partition coefficient (Wildman–Crippen LogP) is 5.22. The number of para-hydroxylation sites is 1. The van der Waals surface area contributed by atoms with Gasteiger partial charge in [0.05, 0.1) is 6.54 Å². The minimum absolute atomic E-state index is 0.0440. The van der Waals surface area contributed by atoms with E-state index in [2.05, 4.69) is 26.6 Å². The zero-order chi connectivity index (χ0) is 20.8. The van der Waals surface area contributed by atoms with Crippen molar-refractivity contribution in [1.82, 2.24) is 5.32 Å². The zero-order valence-electron chi connectivity index (χ0n) is 16.4. The highest BCUT2D eigenvalue weighted by atomic mass is 79.9. The largest absolute Gasteiger partial charge is 0.324 e. The van der Waals surface area contributed by atoms with Crippen LogP contribution in [0.25, 0.3) is 0 Å². The summed E-state index contributed by atoms with van der Waals surface area (Å²) in [6.45, 7) is 3.97. The van der Waals surface area contributed by atoms with Crippen molar-refractivity contribution >= 4 is 33.3 Å². The van der Waals surface area contributed by atoms with Gasteiger partial charge in [0.2, 0.25) is 5.91 Å². The number of nitrogens with one attached hydrogen (secondary N) is 2. The van der Waals surface area contributed by atoms with Gasteiger partial charge in [-0.25, -0.2) is 0 Å². The second-order valence-electron chi connectivity index (χ2n) is 6.88. The summed E-state index contributed by atoms with van der Waals surface area (Å²) in [5.74, 6) is -0.285. The van der Waals surface area contributed by atoms with Crippen LogP contribution in [0.2, 0.25) is 0 Å². The number of Topliss-reactive ketones (excluding diaryl/α,β-unsaturated/α-hetero) is 1. The number of hydrogen-bond donors (Lipinski definition) is 2. The lowest BCUT2D eigenvalue weighted by Crippen LogP contribution is -2.36. The summed E-state index contributed by atoms with van der Waals surface area (Å²) in [5.41, 5.74) is 4.18. The summed E-state index contributed by atoms with van der Waals surface area (Å²) in [6.07, 6.45) is 0.